The van der Waals surface area contributed by atoms with Gasteiger partial charge in [0, 0.05) is 18.5 Å². The first-order chi connectivity index (χ1) is 6.00. The van der Waals surface area contributed by atoms with E-state index < -0.39 is 0 Å². The molecule has 12 heavy (non-hydrogen) atoms. The topological polar surface area (TPSA) is 51.6 Å². The summed E-state index contributed by atoms with van der Waals surface area (Å²) < 4.78 is 0. The highest BCUT2D eigenvalue weighted by atomic mass is 15.1. The Bertz CT molecular complexity index is 186. The first kappa shape index (κ1) is 8.26. The number of hydrogen-bond acceptors (Lipinski definition) is 4. The number of rotatable bonds is 0. The Kier molecular flexibility index (Phi) is 4.07. The first-order valence-electron chi connectivity index (χ1n) is 3.33. The summed E-state index contributed by atoms with van der Waals surface area (Å²) in [7, 11) is 0. The van der Waals surface area contributed by atoms with Gasteiger partial charge >= 0.3 is 0 Å². The molecule has 4 heteroatoms. The van der Waals surface area contributed by atoms with E-state index in [2.05, 4.69) is 26.2 Å². The van der Waals surface area contributed by atoms with Crippen molar-refractivity contribution >= 4 is 0 Å². The second-order valence-electron chi connectivity index (χ2n) is 1.75. The average molecular weight is 159 g/mol. The molecule has 0 unspecified atom stereocenters. The first-order valence-corrected chi connectivity index (χ1v) is 3.33. The van der Waals surface area contributed by atoms with Gasteiger partial charge < -0.3 is 0 Å². The van der Waals surface area contributed by atoms with Gasteiger partial charge in [-0.2, -0.15) is 10.2 Å². The minimum atomic E-state index is 1.50. The van der Waals surface area contributed by atoms with Crippen molar-refractivity contribution in [1.82, 2.24) is 20.2 Å². The Morgan fingerprint density at radius 1 is 0.917 bits per heavy atom. The monoisotopic (exact) mass is 159 g/mol. The van der Waals surface area contributed by atoms with Crippen LogP contribution >= 0.6 is 0 Å². The van der Waals surface area contributed by atoms with Gasteiger partial charge in [0.25, 0.3) is 0 Å². The molecule has 59 valence electrons. The van der Waals surface area contributed by atoms with Crippen LogP contribution in [-0.4, -0.2) is 20.2 Å². The van der Waals surface area contributed by atoms with Crippen LogP contribution in [0.15, 0.2) is 43.2 Å². The van der Waals surface area contributed by atoms with Crippen molar-refractivity contribution < 1.29 is 0 Å². The molecule has 0 saturated carbocycles. The van der Waals surface area contributed by atoms with E-state index in [1.807, 2.05) is 0 Å². The number of nitrogens with zero attached hydrogens (tertiary/aromatic N) is 4. The lowest BCUT2D eigenvalue weighted by Gasteiger charge is -1.70. The lowest BCUT2D eigenvalue weighted by Crippen LogP contribution is -1.70. The fourth-order valence-corrected chi connectivity index (χ4v) is 0.478. The fourth-order valence-electron chi connectivity index (χ4n) is 0.478. The quantitative estimate of drug-likeness (QED) is 0.569. The van der Waals surface area contributed by atoms with Crippen LogP contribution in [0.5, 0.6) is 0 Å². The number of aromatic nitrogens is 4. The highest BCUT2D eigenvalue weighted by Gasteiger charge is 1.60. The summed E-state index contributed by atoms with van der Waals surface area (Å²) in [5.74, 6) is 0. The highest BCUT2D eigenvalue weighted by Crippen LogP contribution is 1.67. The van der Waals surface area contributed by atoms with E-state index in [1.54, 1.807) is 30.7 Å². The van der Waals surface area contributed by atoms with Crippen molar-refractivity contribution in [2.75, 3.05) is 0 Å². The second kappa shape index (κ2) is 5.91. The van der Waals surface area contributed by atoms with Crippen LogP contribution in [0.4, 0.5) is 0 Å². The second-order valence-corrected chi connectivity index (χ2v) is 1.75. The molecule has 2 rings (SSSR count). The number of hydrogen-bond donors (Lipinski definition) is 0. The van der Waals surface area contributed by atoms with E-state index in [0.717, 1.165) is 0 Å². The Balaban J connectivity index is 0.000000120. The molecular weight excluding hydrogens is 152 g/mol. The molecule has 0 N–H and O–H groups in total. The zero-order valence-corrected chi connectivity index (χ0v) is 6.33. The largest absolute Gasteiger partial charge is 0.245 e. The smallest absolute Gasteiger partial charge is 0.115 e. The Morgan fingerprint density at radius 3 is 1.92 bits per heavy atom. The van der Waals surface area contributed by atoms with Crippen molar-refractivity contribution in [3.05, 3.63) is 49.3 Å². The third-order valence-electron chi connectivity index (χ3n) is 0.914. The van der Waals surface area contributed by atoms with E-state index in [1.165, 1.54) is 12.5 Å². The minimum absolute atomic E-state index is 1.50. The van der Waals surface area contributed by atoms with Crippen molar-refractivity contribution in [2.24, 2.45) is 0 Å². The molecule has 1 radical (unpaired) electrons. The summed E-state index contributed by atoms with van der Waals surface area (Å²) in [6.07, 6.45) is 7.97. The van der Waals surface area contributed by atoms with Crippen LogP contribution in [0.25, 0.3) is 0 Å². The van der Waals surface area contributed by atoms with E-state index in [-0.39, 0.29) is 0 Å². The summed E-state index contributed by atoms with van der Waals surface area (Å²) in [6, 6.07) is 6.20. The summed E-state index contributed by atoms with van der Waals surface area (Å²) in [5.41, 5.74) is 0. The van der Waals surface area contributed by atoms with Crippen LogP contribution in [0.2, 0.25) is 0 Å². The van der Waals surface area contributed by atoms with Gasteiger partial charge in [-0.15, -0.1) is 0 Å². The zero-order valence-electron chi connectivity index (χ0n) is 6.33. The lowest BCUT2D eigenvalue weighted by molar-refractivity contribution is 1.03. The van der Waals surface area contributed by atoms with Crippen LogP contribution in [-0.2, 0) is 0 Å². The molecule has 0 bridgehead atoms. The zero-order chi connectivity index (χ0) is 8.49. The molecule has 0 atom stereocenters. The van der Waals surface area contributed by atoms with Crippen molar-refractivity contribution in [3.8, 4) is 0 Å². The van der Waals surface area contributed by atoms with Gasteiger partial charge in [-0.1, -0.05) is 0 Å². The molecule has 2 aromatic rings. The predicted octanol–water partition coefficient (Wildman–Crippen LogP) is 0.753. The average Bonchev–Trinajstić information content (AvgIpc) is 2.24. The molecule has 0 aliphatic heterocycles. The van der Waals surface area contributed by atoms with Gasteiger partial charge in [0.15, 0.2) is 0 Å². The van der Waals surface area contributed by atoms with E-state index in [0.29, 0.717) is 0 Å². The Hall–Kier alpha value is -1.84. The van der Waals surface area contributed by atoms with Crippen molar-refractivity contribution in [1.29, 1.82) is 0 Å². The molecule has 2 heterocycles. The van der Waals surface area contributed by atoms with Crippen LogP contribution in [0.1, 0.15) is 0 Å². The maximum Gasteiger partial charge on any atom is 0.115 e. The maximum atomic E-state index is 3.67. The van der Waals surface area contributed by atoms with Crippen LogP contribution in [0.3, 0.4) is 0 Å². The fraction of sp³-hybridized carbons (Fsp3) is 0. The molecule has 0 spiro atoms. The lowest BCUT2D eigenvalue weighted by atomic mass is 10.6. The molecule has 0 aromatic carbocycles. The molecular formula is C8H7N4. The predicted molar refractivity (Wildman–Crippen MR) is 42.9 cm³/mol. The van der Waals surface area contributed by atoms with Crippen LogP contribution in [0, 0.1) is 6.07 Å². The van der Waals surface area contributed by atoms with Gasteiger partial charge in [0.2, 0.25) is 0 Å². The summed E-state index contributed by atoms with van der Waals surface area (Å²) in [5, 5.41) is 6.98. The standard InChI is InChI=1S/C4H4N2.C4H3N2/c1-2-5-4-6-3-1;1-2-4-6-5-3-1/h1-4H;1,3-4H. The van der Waals surface area contributed by atoms with Gasteiger partial charge in [0.1, 0.15) is 6.33 Å². The summed E-state index contributed by atoms with van der Waals surface area (Å²) in [4.78, 5) is 7.35. The van der Waals surface area contributed by atoms with Gasteiger partial charge in [-0.25, -0.2) is 9.97 Å². The van der Waals surface area contributed by atoms with Gasteiger partial charge in [-0.3, -0.25) is 0 Å². The Labute approximate surface area is 70.3 Å². The molecule has 0 aliphatic carbocycles. The molecule has 4 nitrogen and oxygen atoms in total. The van der Waals surface area contributed by atoms with Gasteiger partial charge in [-0.05, 0) is 12.1 Å². The maximum absolute atomic E-state index is 3.67. The third kappa shape index (κ3) is 4.05. The van der Waals surface area contributed by atoms with E-state index >= 15 is 0 Å². The van der Waals surface area contributed by atoms with Crippen LogP contribution < -0.4 is 0 Å². The molecule has 0 saturated heterocycles. The van der Waals surface area contributed by atoms with E-state index in [4.69, 9.17) is 0 Å². The molecule has 0 aliphatic rings. The summed E-state index contributed by atoms with van der Waals surface area (Å²) >= 11 is 0. The Morgan fingerprint density at radius 2 is 1.75 bits per heavy atom. The van der Waals surface area contributed by atoms with E-state index in [9.17, 15) is 0 Å². The highest BCUT2D eigenvalue weighted by molar-refractivity contribution is 4.77. The van der Waals surface area contributed by atoms with Crippen molar-refractivity contribution in [2.45, 2.75) is 0 Å². The molecule has 0 fully saturated rings. The van der Waals surface area contributed by atoms with Gasteiger partial charge in [0.05, 0.1) is 12.4 Å². The SMILES string of the molecule is [c]1ccnnc1.c1cncnc1. The molecule has 2 aromatic heterocycles. The molecule has 0 amide bonds. The van der Waals surface area contributed by atoms with Crippen molar-refractivity contribution in [3.63, 3.8) is 0 Å². The summed E-state index contributed by atoms with van der Waals surface area (Å²) in [6.45, 7) is 0. The minimum Gasteiger partial charge on any atom is -0.245 e. The normalized spacial score (nSPS) is 8.00. The third-order valence-corrected chi connectivity index (χ3v) is 0.914.